The normalized spacial score (nSPS) is 10.1. The molecule has 2 nitrogen and oxygen atoms in total. The molecule has 0 aromatic heterocycles. The molecule has 3 heteroatoms. The Hall–Kier alpha value is -1.80. The molecule has 0 amide bonds. The fourth-order valence-electron chi connectivity index (χ4n) is 1.45. The van der Waals surface area contributed by atoms with Gasteiger partial charge in [0.1, 0.15) is 11.5 Å². The Morgan fingerprint density at radius 3 is 2.44 bits per heavy atom. The Morgan fingerprint density at radius 2 is 1.75 bits per heavy atom. The summed E-state index contributed by atoms with van der Waals surface area (Å²) in [4.78, 5) is 0. The third kappa shape index (κ3) is 2.07. The first-order valence-corrected chi connectivity index (χ1v) is 5.16. The largest absolute Gasteiger partial charge is 0.507 e. The molecule has 0 atom stereocenters. The van der Waals surface area contributed by atoms with Crippen molar-refractivity contribution in [2.75, 3.05) is 0 Å². The highest BCUT2D eigenvalue weighted by molar-refractivity contribution is 6.31. The highest BCUT2D eigenvalue weighted by Crippen LogP contribution is 2.23. The molecule has 2 aromatic rings. The van der Waals surface area contributed by atoms with Crippen LogP contribution in [0.1, 0.15) is 11.1 Å². The standard InChI is InChI=1S/C13H9ClNO/c14-10-6-7-12(16)11(8-10)13(15)9-4-2-1-3-5-9/h1-8,16H. The monoisotopic (exact) mass is 230 g/mol. The van der Waals surface area contributed by atoms with Crippen molar-refractivity contribution in [3.05, 3.63) is 64.7 Å². The molecule has 0 fully saturated rings. The van der Waals surface area contributed by atoms with Crippen LogP contribution < -0.4 is 5.41 Å². The van der Waals surface area contributed by atoms with Crippen LogP contribution in [-0.2, 0) is 0 Å². The number of benzene rings is 2. The van der Waals surface area contributed by atoms with Crippen LogP contribution in [0.15, 0.2) is 48.5 Å². The first kappa shape index (κ1) is 10.7. The SMILES string of the molecule is [N]=C(c1ccccc1)c1cc(Cl)ccc1O. The topological polar surface area (TPSA) is 42.5 Å². The zero-order valence-electron chi connectivity index (χ0n) is 8.39. The quantitative estimate of drug-likeness (QED) is 0.792. The molecule has 0 saturated carbocycles. The number of phenolic OH excluding ortho intramolecular Hbond substituents is 1. The predicted molar refractivity (Wildman–Crippen MR) is 64.9 cm³/mol. The van der Waals surface area contributed by atoms with E-state index < -0.39 is 0 Å². The number of halogens is 1. The van der Waals surface area contributed by atoms with Gasteiger partial charge in [-0.15, -0.1) is 5.41 Å². The van der Waals surface area contributed by atoms with Gasteiger partial charge in [0.05, 0.1) is 0 Å². The average molecular weight is 231 g/mol. The molecular weight excluding hydrogens is 222 g/mol. The molecule has 0 spiro atoms. The van der Waals surface area contributed by atoms with Gasteiger partial charge in [-0.2, -0.15) is 0 Å². The average Bonchev–Trinajstić information content (AvgIpc) is 2.32. The summed E-state index contributed by atoms with van der Waals surface area (Å²) >= 11 is 5.81. The Bertz CT molecular complexity index is 523. The molecule has 0 heterocycles. The lowest BCUT2D eigenvalue weighted by atomic mass is 10.0. The van der Waals surface area contributed by atoms with Gasteiger partial charge in [-0.1, -0.05) is 41.9 Å². The van der Waals surface area contributed by atoms with Crippen molar-refractivity contribution in [1.82, 2.24) is 5.41 Å². The molecule has 2 aromatic carbocycles. The van der Waals surface area contributed by atoms with Crippen molar-refractivity contribution in [1.29, 1.82) is 0 Å². The van der Waals surface area contributed by atoms with Crippen LogP contribution in [0.4, 0.5) is 0 Å². The number of aromatic hydroxyl groups is 1. The highest BCUT2D eigenvalue weighted by Gasteiger charge is 2.10. The van der Waals surface area contributed by atoms with E-state index in [0.29, 0.717) is 16.1 Å². The first-order valence-electron chi connectivity index (χ1n) is 4.78. The van der Waals surface area contributed by atoms with E-state index in [1.54, 1.807) is 18.2 Å². The predicted octanol–water partition coefficient (Wildman–Crippen LogP) is 2.68. The van der Waals surface area contributed by atoms with Gasteiger partial charge in [-0.3, -0.25) is 0 Å². The maximum Gasteiger partial charge on any atom is 0.125 e. The molecule has 1 N–H and O–H groups in total. The van der Waals surface area contributed by atoms with Gasteiger partial charge in [0.2, 0.25) is 0 Å². The molecule has 0 aliphatic carbocycles. The van der Waals surface area contributed by atoms with Gasteiger partial charge in [0, 0.05) is 16.1 Å². The molecule has 0 saturated heterocycles. The number of rotatable bonds is 2. The zero-order chi connectivity index (χ0) is 11.5. The molecule has 79 valence electrons. The summed E-state index contributed by atoms with van der Waals surface area (Å²) in [5, 5.41) is 20.1. The van der Waals surface area contributed by atoms with E-state index in [9.17, 15) is 10.5 Å². The van der Waals surface area contributed by atoms with Crippen LogP contribution in [-0.4, -0.2) is 10.8 Å². The maximum atomic E-state index is 10.00. The van der Waals surface area contributed by atoms with Gasteiger partial charge in [0.25, 0.3) is 0 Å². The van der Waals surface area contributed by atoms with Gasteiger partial charge < -0.3 is 5.11 Å². The van der Waals surface area contributed by atoms with Gasteiger partial charge >= 0.3 is 0 Å². The smallest absolute Gasteiger partial charge is 0.125 e. The van der Waals surface area contributed by atoms with Crippen LogP contribution in [0.2, 0.25) is 5.02 Å². The Kier molecular flexibility index (Phi) is 2.93. The molecular formula is C13H9ClNO. The first-order chi connectivity index (χ1) is 7.68. The minimum absolute atomic E-state index is 0.00533. The van der Waals surface area contributed by atoms with E-state index in [2.05, 4.69) is 0 Å². The molecule has 2 rings (SSSR count). The Labute approximate surface area is 98.6 Å². The summed E-state index contributed by atoms with van der Waals surface area (Å²) in [6, 6.07) is 13.6. The van der Waals surface area contributed by atoms with Crippen molar-refractivity contribution in [3.63, 3.8) is 0 Å². The van der Waals surface area contributed by atoms with Gasteiger partial charge in [0.15, 0.2) is 0 Å². The highest BCUT2D eigenvalue weighted by atomic mass is 35.5. The minimum Gasteiger partial charge on any atom is -0.507 e. The number of hydrogen-bond donors (Lipinski definition) is 1. The van der Waals surface area contributed by atoms with Gasteiger partial charge in [-0.25, -0.2) is 0 Å². The van der Waals surface area contributed by atoms with Crippen molar-refractivity contribution in [3.8, 4) is 5.75 Å². The molecule has 0 aliphatic heterocycles. The van der Waals surface area contributed by atoms with Crippen LogP contribution in [0.5, 0.6) is 5.75 Å². The minimum atomic E-state index is 0.00533. The van der Waals surface area contributed by atoms with Crippen molar-refractivity contribution in [2.45, 2.75) is 0 Å². The molecule has 0 aliphatic rings. The van der Waals surface area contributed by atoms with E-state index in [0.717, 1.165) is 0 Å². The summed E-state index contributed by atoms with van der Waals surface area (Å²) in [7, 11) is 0. The lowest BCUT2D eigenvalue weighted by Crippen LogP contribution is -2.04. The van der Waals surface area contributed by atoms with E-state index in [1.807, 2.05) is 18.2 Å². The second kappa shape index (κ2) is 4.37. The van der Waals surface area contributed by atoms with E-state index in [1.165, 1.54) is 12.1 Å². The lowest BCUT2D eigenvalue weighted by molar-refractivity contribution is 0.474. The number of hydrogen-bond acceptors (Lipinski definition) is 1. The van der Waals surface area contributed by atoms with Crippen molar-refractivity contribution >= 4 is 17.3 Å². The van der Waals surface area contributed by atoms with Crippen LogP contribution in [0, 0.1) is 0 Å². The van der Waals surface area contributed by atoms with Crippen LogP contribution >= 0.6 is 11.6 Å². The third-order valence-corrected chi connectivity index (χ3v) is 2.50. The van der Waals surface area contributed by atoms with E-state index >= 15 is 0 Å². The van der Waals surface area contributed by atoms with Crippen molar-refractivity contribution < 1.29 is 5.11 Å². The summed E-state index contributed by atoms with van der Waals surface area (Å²) < 4.78 is 0. The summed E-state index contributed by atoms with van der Waals surface area (Å²) in [5.41, 5.74) is 0.986. The van der Waals surface area contributed by atoms with Crippen LogP contribution in [0.3, 0.4) is 0 Å². The maximum absolute atomic E-state index is 10.00. The number of phenols is 1. The summed E-state index contributed by atoms with van der Waals surface area (Å²) in [6.07, 6.45) is 0. The van der Waals surface area contributed by atoms with Gasteiger partial charge in [-0.05, 0) is 18.2 Å². The second-order valence-corrected chi connectivity index (χ2v) is 3.81. The molecule has 16 heavy (non-hydrogen) atoms. The summed E-state index contributed by atoms with van der Waals surface area (Å²) in [6.45, 7) is 0. The third-order valence-electron chi connectivity index (χ3n) is 2.26. The fraction of sp³-hybridized carbons (Fsp3) is 0. The van der Waals surface area contributed by atoms with Crippen LogP contribution in [0.25, 0.3) is 0 Å². The Morgan fingerprint density at radius 1 is 1.06 bits per heavy atom. The van der Waals surface area contributed by atoms with Crippen molar-refractivity contribution in [2.24, 2.45) is 0 Å². The lowest BCUT2D eigenvalue weighted by Gasteiger charge is -2.05. The Balaban J connectivity index is 2.46. The zero-order valence-corrected chi connectivity index (χ0v) is 9.15. The molecule has 1 radical (unpaired) electrons. The number of nitrogens with zero attached hydrogens (tertiary/aromatic N) is 1. The van der Waals surface area contributed by atoms with E-state index in [-0.39, 0.29) is 11.5 Å². The fourth-order valence-corrected chi connectivity index (χ4v) is 1.62. The molecule has 0 bridgehead atoms. The van der Waals surface area contributed by atoms with E-state index in [4.69, 9.17) is 11.6 Å². The summed E-state index contributed by atoms with van der Waals surface area (Å²) in [5.74, 6) is 0.00533. The molecule has 0 unspecified atom stereocenters. The second-order valence-electron chi connectivity index (χ2n) is 3.38.